The van der Waals surface area contributed by atoms with E-state index < -0.39 is 5.97 Å². The van der Waals surface area contributed by atoms with Gasteiger partial charge in [0.25, 0.3) is 0 Å². The normalized spacial score (nSPS) is 9.56. The first-order chi connectivity index (χ1) is 8.58. The number of benzene rings is 1. The lowest BCUT2D eigenvalue weighted by Gasteiger charge is -2.10. The third-order valence-electron chi connectivity index (χ3n) is 2.32. The first-order valence-electron chi connectivity index (χ1n) is 5.61. The van der Waals surface area contributed by atoms with Crippen molar-refractivity contribution in [3.8, 4) is 11.5 Å². The van der Waals surface area contributed by atoms with Crippen LogP contribution in [0.25, 0.3) is 0 Å². The lowest BCUT2D eigenvalue weighted by molar-refractivity contribution is 0.0600. The molecule has 4 nitrogen and oxygen atoms in total. The second-order valence-corrected chi connectivity index (χ2v) is 3.95. The summed E-state index contributed by atoms with van der Waals surface area (Å²) in [6.45, 7) is 4.42. The Morgan fingerprint density at radius 1 is 1.22 bits per heavy atom. The van der Waals surface area contributed by atoms with E-state index in [2.05, 4.69) is 4.74 Å². The fraction of sp³-hybridized carbons (Fsp3) is 0.357. The van der Waals surface area contributed by atoms with Crippen LogP contribution in [0.2, 0.25) is 0 Å². The predicted octanol–water partition coefficient (Wildman–Crippen LogP) is 2.83. The molecule has 0 amide bonds. The summed E-state index contributed by atoms with van der Waals surface area (Å²) in [6, 6.07) is 4.94. The highest BCUT2D eigenvalue weighted by Gasteiger charge is 2.10. The molecule has 4 heteroatoms. The van der Waals surface area contributed by atoms with E-state index >= 15 is 0 Å². The summed E-state index contributed by atoms with van der Waals surface area (Å²) < 4.78 is 15.4. The van der Waals surface area contributed by atoms with Gasteiger partial charge in [-0.2, -0.15) is 0 Å². The summed E-state index contributed by atoms with van der Waals surface area (Å²) in [6.07, 6.45) is 1.95. The average Bonchev–Trinajstić information content (AvgIpc) is 2.37. The Kier molecular flexibility index (Phi) is 5.24. The molecule has 0 unspecified atom stereocenters. The molecule has 0 bridgehead atoms. The zero-order chi connectivity index (χ0) is 13.5. The van der Waals surface area contributed by atoms with Gasteiger partial charge in [-0.25, -0.2) is 4.79 Å². The van der Waals surface area contributed by atoms with Gasteiger partial charge in [0.15, 0.2) is 11.5 Å². The Labute approximate surface area is 107 Å². The van der Waals surface area contributed by atoms with Crippen molar-refractivity contribution in [2.75, 3.05) is 20.8 Å². The van der Waals surface area contributed by atoms with E-state index in [4.69, 9.17) is 9.47 Å². The van der Waals surface area contributed by atoms with Crippen molar-refractivity contribution in [3.63, 3.8) is 0 Å². The van der Waals surface area contributed by atoms with Crippen molar-refractivity contribution in [1.82, 2.24) is 0 Å². The summed E-state index contributed by atoms with van der Waals surface area (Å²) in [5, 5.41) is 0. The molecule has 0 aliphatic carbocycles. The number of rotatable bonds is 5. The van der Waals surface area contributed by atoms with Gasteiger partial charge in [-0.3, -0.25) is 0 Å². The van der Waals surface area contributed by atoms with E-state index in [9.17, 15) is 4.79 Å². The first kappa shape index (κ1) is 14.1. The fourth-order valence-corrected chi connectivity index (χ4v) is 1.33. The molecule has 1 rings (SSSR count). The van der Waals surface area contributed by atoms with Gasteiger partial charge >= 0.3 is 5.97 Å². The van der Waals surface area contributed by atoms with Crippen LogP contribution in [0.1, 0.15) is 24.2 Å². The smallest absolute Gasteiger partial charge is 0.337 e. The third kappa shape index (κ3) is 3.80. The van der Waals surface area contributed by atoms with Gasteiger partial charge in [0, 0.05) is 0 Å². The minimum atomic E-state index is -0.398. The molecule has 18 heavy (non-hydrogen) atoms. The molecule has 0 aromatic heterocycles. The zero-order valence-electron chi connectivity index (χ0n) is 11.1. The Morgan fingerprint density at radius 3 is 2.50 bits per heavy atom. The maximum Gasteiger partial charge on any atom is 0.337 e. The molecule has 0 saturated carbocycles. The van der Waals surface area contributed by atoms with Crippen molar-refractivity contribution in [1.29, 1.82) is 0 Å². The minimum Gasteiger partial charge on any atom is -0.493 e. The molecule has 0 saturated heterocycles. The molecular formula is C14H18O4. The van der Waals surface area contributed by atoms with Gasteiger partial charge in [0.2, 0.25) is 0 Å². The Balaban J connectivity index is 2.92. The predicted molar refractivity (Wildman–Crippen MR) is 69.3 cm³/mol. The van der Waals surface area contributed by atoms with Crippen LogP contribution in [0, 0.1) is 0 Å². The molecule has 0 spiro atoms. The Morgan fingerprint density at radius 2 is 1.94 bits per heavy atom. The molecule has 1 aromatic carbocycles. The van der Waals surface area contributed by atoms with Gasteiger partial charge in [0.1, 0.15) is 6.61 Å². The number of carbonyl (C=O) groups excluding carboxylic acids is 1. The first-order valence-corrected chi connectivity index (χ1v) is 5.61. The molecule has 0 N–H and O–H groups in total. The maximum absolute atomic E-state index is 11.4. The van der Waals surface area contributed by atoms with Crippen molar-refractivity contribution in [3.05, 3.63) is 35.4 Å². The van der Waals surface area contributed by atoms with E-state index in [0.29, 0.717) is 23.7 Å². The number of methoxy groups -OCH3 is 2. The maximum atomic E-state index is 11.4. The SMILES string of the molecule is COC(=O)c1ccc(OC)c(OCC=C(C)C)c1. The fourth-order valence-electron chi connectivity index (χ4n) is 1.33. The van der Waals surface area contributed by atoms with E-state index in [0.717, 1.165) is 5.57 Å². The number of esters is 1. The van der Waals surface area contributed by atoms with Crippen molar-refractivity contribution >= 4 is 5.97 Å². The summed E-state index contributed by atoms with van der Waals surface area (Å²) >= 11 is 0. The molecule has 1 aromatic rings. The van der Waals surface area contributed by atoms with Crippen molar-refractivity contribution in [2.24, 2.45) is 0 Å². The topological polar surface area (TPSA) is 44.8 Å². The molecule has 0 fully saturated rings. The number of hydrogen-bond acceptors (Lipinski definition) is 4. The van der Waals surface area contributed by atoms with Crippen LogP contribution >= 0.6 is 0 Å². The van der Waals surface area contributed by atoms with Crippen LogP contribution < -0.4 is 9.47 Å². The lowest BCUT2D eigenvalue weighted by atomic mass is 10.2. The molecular weight excluding hydrogens is 232 g/mol. The summed E-state index contributed by atoms with van der Waals surface area (Å²) in [7, 11) is 2.90. The highest BCUT2D eigenvalue weighted by atomic mass is 16.5. The lowest BCUT2D eigenvalue weighted by Crippen LogP contribution is -2.03. The third-order valence-corrected chi connectivity index (χ3v) is 2.32. The summed E-state index contributed by atoms with van der Waals surface area (Å²) in [5.74, 6) is 0.715. The highest BCUT2D eigenvalue weighted by Crippen LogP contribution is 2.28. The molecule has 0 aliphatic rings. The van der Waals surface area contributed by atoms with E-state index in [1.807, 2.05) is 19.9 Å². The van der Waals surface area contributed by atoms with Gasteiger partial charge < -0.3 is 14.2 Å². The number of allylic oxidation sites excluding steroid dienone is 1. The van der Waals surface area contributed by atoms with Gasteiger partial charge in [-0.1, -0.05) is 5.57 Å². The molecule has 0 atom stereocenters. The van der Waals surface area contributed by atoms with E-state index in [1.165, 1.54) is 7.11 Å². The van der Waals surface area contributed by atoms with Crippen LogP contribution in [-0.4, -0.2) is 26.8 Å². The zero-order valence-corrected chi connectivity index (χ0v) is 11.1. The van der Waals surface area contributed by atoms with Crippen molar-refractivity contribution < 1.29 is 19.0 Å². The van der Waals surface area contributed by atoms with Gasteiger partial charge in [-0.15, -0.1) is 0 Å². The quantitative estimate of drug-likeness (QED) is 0.595. The molecule has 0 aliphatic heterocycles. The van der Waals surface area contributed by atoms with Crippen LogP contribution in [-0.2, 0) is 4.74 Å². The van der Waals surface area contributed by atoms with Crippen LogP contribution in [0.15, 0.2) is 29.8 Å². The second kappa shape index (κ2) is 6.69. The summed E-state index contributed by atoms with van der Waals surface area (Å²) in [5.41, 5.74) is 1.60. The average molecular weight is 250 g/mol. The minimum absolute atomic E-state index is 0.398. The Hall–Kier alpha value is -1.97. The van der Waals surface area contributed by atoms with Gasteiger partial charge in [0.05, 0.1) is 19.8 Å². The molecule has 0 radical (unpaired) electrons. The van der Waals surface area contributed by atoms with E-state index in [1.54, 1.807) is 25.3 Å². The van der Waals surface area contributed by atoms with Crippen LogP contribution in [0.4, 0.5) is 0 Å². The Bertz CT molecular complexity index is 445. The standard InChI is InChI=1S/C14H18O4/c1-10(2)7-8-18-13-9-11(14(15)17-4)5-6-12(13)16-3/h5-7,9H,8H2,1-4H3. The largest absolute Gasteiger partial charge is 0.493 e. The van der Waals surface area contributed by atoms with E-state index in [-0.39, 0.29) is 0 Å². The monoisotopic (exact) mass is 250 g/mol. The highest BCUT2D eigenvalue weighted by molar-refractivity contribution is 5.90. The number of hydrogen-bond donors (Lipinski definition) is 0. The second-order valence-electron chi connectivity index (χ2n) is 3.95. The molecule has 0 heterocycles. The number of ether oxygens (including phenoxy) is 3. The van der Waals surface area contributed by atoms with Crippen LogP contribution in [0.5, 0.6) is 11.5 Å². The van der Waals surface area contributed by atoms with Crippen molar-refractivity contribution in [2.45, 2.75) is 13.8 Å². The number of carbonyl (C=O) groups is 1. The van der Waals surface area contributed by atoms with Gasteiger partial charge in [-0.05, 0) is 38.1 Å². The summed E-state index contributed by atoms with van der Waals surface area (Å²) in [4.78, 5) is 11.4. The molecule has 98 valence electrons. The van der Waals surface area contributed by atoms with Crippen LogP contribution in [0.3, 0.4) is 0 Å².